The van der Waals surface area contributed by atoms with Gasteiger partial charge in [-0.2, -0.15) is 0 Å². The number of carbonyl (C=O) groups excluding carboxylic acids is 2. The van der Waals surface area contributed by atoms with Gasteiger partial charge in [-0.05, 0) is 110 Å². The Kier molecular flexibility index (Phi) is 62.5. The third-order valence-corrected chi connectivity index (χ3v) is 17.3. The van der Waals surface area contributed by atoms with Crippen LogP contribution in [0.4, 0.5) is 0 Å². The second kappa shape index (κ2) is 66.3. The van der Waals surface area contributed by atoms with E-state index >= 15 is 0 Å². The van der Waals surface area contributed by atoms with Gasteiger partial charge in [0.05, 0.1) is 32.0 Å². The van der Waals surface area contributed by atoms with Crippen LogP contribution >= 0.6 is 0 Å². The molecular formula is C78H139NO10. The van der Waals surface area contributed by atoms with E-state index in [9.17, 15) is 35.1 Å². The minimum atomic E-state index is -1.58. The number of amides is 1. The zero-order chi connectivity index (χ0) is 64.4. The van der Waals surface area contributed by atoms with Crippen LogP contribution < -0.4 is 5.32 Å². The molecule has 0 bridgehead atoms. The van der Waals surface area contributed by atoms with Crippen LogP contribution in [-0.2, 0) is 23.8 Å². The van der Waals surface area contributed by atoms with Crippen LogP contribution in [-0.4, -0.2) is 100 Å². The second-order valence-electron chi connectivity index (χ2n) is 25.6. The Morgan fingerprint density at radius 3 is 1.24 bits per heavy atom. The highest BCUT2D eigenvalue weighted by molar-refractivity contribution is 5.76. The van der Waals surface area contributed by atoms with Crippen LogP contribution in [0.1, 0.15) is 335 Å². The molecule has 0 spiro atoms. The predicted molar refractivity (Wildman–Crippen MR) is 375 cm³/mol. The number of rotatable bonds is 65. The molecule has 0 radical (unpaired) electrons. The van der Waals surface area contributed by atoms with Crippen LogP contribution in [0.3, 0.4) is 0 Å². The Balaban J connectivity index is 1.88. The highest BCUT2D eigenvalue weighted by atomic mass is 16.7. The van der Waals surface area contributed by atoms with E-state index in [1.165, 1.54) is 231 Å². The lowest BCUT2D eigenvalue weighted by atomic mass is 9.99. The van der Waals surface area contributed by atoms with Crippen molar-refractivity contribution >= 4 is 11.9 Å². The number of nitrogens with one attached hydrogen (secondary N) is 1. The van der Waals surface area contributed by atoms with E-state index in [0.717, 1.165) is 77.0 Å². The third-order valence-electron chi connectivity index (χ3n) is 17.3. The highest BCUT2D eigenvalue weighted by Crippen LogP contribution is 2.23. The molecule has 1 aliphatic heterocycles. The van der Waals surface area contributed by atoms with Gasteiger partial charge in [0.1, 0.15) is 24.4 Å². The normalized spacial score (nSPS) is 18.2. The summed E-state index contributed by atoms with van der Waals surface area (Å²) in [5.41, 5.74) is 0. The molecule has 516 valence electrons. The molecule has 7 atom stereocenters. The van der Waals surface area contributed by atoms with Crippen molar-refractivity contribution in [3.8, 4) is 0 Å². The quantitative estimate of drug-likeness (QED) is 0.0195. The average molecular weight is 1250 g/mol. The molecule has 0 aromatic carbocycles. The van der Waals surface area contributed by atoms with E-state index in [2.05, 4.69) is 79.1 Å². The van der Waals surface area contributed by atoms with Crippen molar-refractivity contribution in [1.82, 2.24) is 5.32 Å². The average Bonchev–Trinajstić information content (AvgIpc) is 1.84. The van der Waals surface area contributed by atoms with Gasteiger partial charge in [-0.3, -0.25) is 9.59 Å². The Bertz CT molecular complexity index is 1760. The molecule has 0 saturated carbocycles. The lowest BCUT2D eigenvalue weighted by Crippen LogP contribution is -2.60. The molecular weight excluding hydrogens is 1110 g/mol. The summed E-state index contributed by atoms with van der Waals surface area (Å²) in [6.07, 6.45) is 82.2. The minimum absolute atomic E-state index is 0.00167. The maximum Gasteiger partial charge on any atom is 0.305 e. The van der Waals surface area contributed by atoms with E-state index in [1.807, 2.05) is 19.1 Å². The molecule has 0 aromatic rings. The van der Waals surface area contributed by atoms with Crippen LogP contribution in [0.2, 0.25) is 0 Å². The molecule has 1 aliphatic rings. The second-order valence-corrected chi connectivity index (χ2v) is 25.6. The summed E-state index contributed by atoms with van der Waals surface area (Å²) >= 11 is 0. The number of hydrogen-bond acceptors (Lipinski definition) is 10. The fraction of sp³-hybridized carbons (Fsp3) is 0.795. The number of carbonyl (C=O) groups is 2. The molecule has 0 aliphatic carbocycles. The Hall–Kier alpha value is -3.16. The van der Waals surface area contributed by atoms with Gasteiger partial charge in [0.25, 0.3) is 0 Å². The topological polar surface area (TPSA) is 175 Å². The first-order valence-electron chi connectivity index (χ1n) is 37.3. The number of aliphatic hydroxyl groups is 5. The molecule has 1 amide bonds. The van der Waals surface area contributed by atoms with Crippen molar-refractivity contribution in [2.24, 2.45) is 0 Å². The maximum absolute atomic E-state index is 13.0. The number of unbranched alkanes of at least 4 members (excludes halogenated alkanes) is 40. The third kappa shape index (κ3) is 55.0. The van der Waals surface area contributed by atoms with E-state index < -0.39 is 49.5 Å². The van der Waals surface area contributed by atoms with Crippen LogP contribution in [0.25, 0.3) is 0 Å². The molecule has 1 fully saturated rings. The van der Waals surface area contributed by atoms with Crippen LogP contribution in [0.5, 0.6) is 0 Å². The van der Waals surface area contributed by atoms with Crippen molar-refractivity contribution in [3.63, 3.8) is 0 Å². The maximum atomic E-state index is 13.0. The summed E-state index contributed by atoms with van der Waals surface area (Å²) < 4.78 is 16.7. The van der Waals surface area contributed by atoms with Crippen molar-refractivity contribution in [3.05, 3.63) is 85.1 Å². The van der Waals surface area contributed by atoms with Crippen LogP contribution in [0, 0.1) is 0 Å². The SMILES string of the molecule is C/C=C/CC/C=C/CC/C=C/C(O)C(COC1OC(CO)C(O)C(O)C1O)NC(=O)CCCCCCCCCCCCCCCCCCC/C=C\C/C=C\CCCCCCCCCCCCCCCCCOC(=O)CCCCCCC/C=C\C/C=C\CCC. The van der Waals surface area contributed by atoms with Gasteiger partial charge in [-0.25, -0.2) is 0 Å². The minimum Gasteiger partial charge on any atom is -0.466 e. The largest absolute Gasteiger partial charge is 0.466 e. The van der Waals surface area contributed by atoms with E-state index in [-0.39, 0.29) is 18.5 Å². The summed E-state index contributed by atoms with van der Waals surface area (Å²) in [4.78, 5) is 25.1. The first-order chi connectivity index (χ1) is 43.7. The molecule has 11 nitrogen and oxygen atoms in total. The van der Waals surface area contributed by atoms with E-state index in [4.69, 9.17) is 14.2 Å². The first-order valence-corrected chi connectivity index (χ1v) is 37.3. The number of esters is 1. The first kappa shape index (κ1) is 83.9. The molecule has 1 rings (SSSR count). The number of aliphatic hydroxyl groups excluding tert-OH is 5. The van der Waals surface area contributed by atoms with Gasteiger partial charge in [0.2, 0.25) is 5.91 Å². The van der Waals surface area contributed by atoms with Gasteiger partial charge in [-0.1, -0.05) is 297 Å². The van der Waals surface area contributed by atoms with Gasteiger partial charge >= 0.3 is 5.97 Å². The number of hydrogen-bond donors (Lipinski definition) is 6. The summed E-state index contributed by atoms with van der Waals surface area (Å²) in [5.74, 6) is -0.198. The fourth-order valence-electron chi connectivity index (χ4n) is 11.4. The molecule has 1 heterocycles. The zero-order valence-corrected chi connectivity index (χ0v) is 57.4. The van der Waals surface area contributed by atoms with Gasteiger partial charge in [0, 0.05) is 12.8 Å². The molecule has 7 unspecified atom stereocenters. The summed E-state index contributed by atoms with van der Waals surface area (Å²) in [6.45, 7) is 4.04. The van der Waals surface area contributed by atoms with Gasteiger partial charge < -0.3 is 45.1 Å². The van der Waals surface area contributed by atoms with Crippen molar-refractivity contribution in [2.75, 3.05) is 19.8 Å². The zero-order valence-electron chi connectivity index (χ0n) is 57.4. The van der Waals surface area contributed by atoms with Crippen molar-refractivity contribution < 1.29 is 49.3 Å². The van der Waals surface area contributed by atoms with Gasteiger partial charge in [-0.15, -0.1) is 0 Å². The molecule has 1 saturated heterocycles. The molecule has 6 N–H and O–H groups in total. The lowest BCUT2D eigenvalue weighted by molar-refractivity contribution is -0.302. The summed E-state index contributed by atoms with van der Waals surface area (Å²) in [7, 11) is 0. The van der Waals surface area contributed by atoms with E-state index in [1.54, 1.807) is 6.08 Å². The Morgan fingerprint density at radius 2 is 0.809 bits per heavy atom. The van der Waals surface area contributed by atoms with Crippen molar-refractivity contribution in [1.29, 1.82) is 0 Å². The summed E-state index contributed by atoms with van der Waals surface area (Å²) in [5, 5.41) is 54.2. The van der Waals surface area contributed by atoms with E-state index in [0.29, 0.717) is 19.4 Å². The molecule has 0 aromatic heterocycles. The lowest BCUT2D eigenvalue weighted by Gasteiger charge is -2.40. The number of ether oxygens (including phenoxy) is 3. The number of allylic oxidation sites excluding steroid dienone is 13. The van der Waals surface area contributed by atoms with Crippen molar-refractivity contribution in [2.45, 2.75) is 378 Å². The Morgan fingerprint density at radius 1 is 0.438 bits per heavy atom. The summed E-state index contributed by atoms with van der Waals surface area (Å²) in [6, 6.07) is -0.832. The smallest absolute Gasteiger partial charge is 0.305 e. The fourth-order valence-corrected chi connectivity index (χ4v) is 11.4. The standard InChI is InChI=1S/C78H139NO10/c1-3-5-7-9-11-13-14-42-46-50-54-58-62-66-74(83)87-67-63-59-55-51-47-44-41-39-37-35-33-31-29-27-25-23-21-19-17-15-16-18-20-22-24-26-28-30-32-34-36-38-40-43-45-49-53-57-61-65-73(82)79-70(71(81)64-60-56-52-48-12-10-8-6-4-2)69-88-78-77(86)76(85)75(84)72(68-80)89-78/h4,6-7,9,12-16,19,21,48,60,64,70-72,75-78,80-81,84-86H,3,5,8,10-11,17-18,20,22-47,49-59,61-63,65-69H2,1-2H3,(H,79,82)/b6-4+,9-7-,14-13-,16-15-,21-19-,48-12+,64-60+. The molecule has 11 heteroatoms. The monoisotopic (exact) mass is 1250 g/mol. The predicted octanol–water partition coefficient (Wildman–Crippen LogP) is 19.6. The van der Waals surface area contributed by atoms with Gasteiger partial charge in [0.15, 0.2) is 6.29 Å². The highest BCUT2D eigenvalue weighted by Gasteiger charge is 2.44. The Labute approximate surface area is 546 Å². The molecule has 89 heavy (non-hydrogen) atoms. The van der Waals surface area contributed by atoms with Crippen LogP contribution in [0.15, 0.2) is 85.1 Å².